The molecule has 0 radical (unpaired) electrons. The summed E-state index contributed by atoms with van der Waals surface area (Å²) in [4.78, 5) is 12.6. The summed E-state index contributed by atoms with van der Waals surface area (Å²) in [5, 5.41) is 0. The first kappa shape index (κ1) is 11.1. The second kappa shape index (κ2) is 5.12. The second-order valence-electron chi connectivity index (χ2n) is 4.04. The zero-order valence-electron chi connectivity index (χ0n) is 9.61. The normalized spacial score (nSPS) is 20.4. The smallest absolute Gasteiger partial charge is 0.224 e. The summed E-state index contributed by atoms with van der Waals surface area (Å²) in [6.45, 7) is 3.83. The van der Waals surface area contributed by atoms with Crippen LogP contribution in [-0.2, 0) is 9.53 Å². The van der Waals surface area contributed by atoms with Crippen LogP contribution in [0.25, 0.3) is 0 Å². The summed E-state index contributed by atoms with van der Waals surface area (Å²) in [5.41, 5.74) is 2.94. The molecule has 3 rings (SSSR count). The number of allylic oxidation sites excluding steroid dienone is 6. The Labute approximate surface area is 96.1 Å². The lowest BCUT2D eigenvalue weighted by Gasteiger charge is -2.10. The third kappa shape index (κ3) is 2.61. The standard InChI is InChI=1S/C7H6.C6H11NO2/c1-2-7-4-3-6(1)5-7;1-2-6(8)7-3-4-9-5-7/h1-4H,5H2;2-5H2,1H3. The van der Waals surface area contributed by atoms with Crippen molar-refractivity contribution in [3.63, 3.8) is 0 Å². The summed E-state index contributed by atoms with van der Waals surface area (Å²) in [7, 11) is 0. The fourth-order valence-electron chi connectivity index (χ4n) is 1.85. The van der Waals surface area contributed by atoms with Crippen molar-refractivity contribution < 1.29 is 9.53 Å². The van der Waals surface area contributed by atoms with Crippen LogP contribution in [0.2, 0.25) is 0 Å². The molecule has 0 aromatic heterocycles. The lowest BCUT2D eigenvalue weighted by Crippen LogP contribution is -2.27. The molecule has 1 amide bonds. The van der Waals surface area contributed by atoms with Crippen molar-refractivity contribution >= 4 is 5.91 Å². The minimum atomic E-state index is 0.188. The van der Waals surface area contributed by atoms with Crippen LogP contribution in [0.4, 0.5) is 0 Å². The van der Waals surface area contributed by atoms with Crippen molar-refractivity contribution in [1.29, 1.82) is 0 Å². The fraction of sp³-hybridized carbons (Fsp3) is 0.462. The van der Waals surface area contributed by atoms with Crippen LogP contribution in [0.15, 0.2) is 35.5 Å². The number of hydrogen-bond donors (Lipinski definition) is 0. The Bertz CT molecular complexity index is 340. The van der Waals surface area contributed by atoms with Crippen molar-refractivity contribution in [2.45, 2.75) is 19.8 Å². The molecule has 3 aliphatic rings. The summed E-state index contributed by atoms with van der Waals surface area (Å²) in [5.74, 6) is 0.188. The van der Waals surface area contributed by atoms with Gasteiger partial charge in [0.2, 0.25) is 5.91 Å². The van der Waals surface area contributed by atoms with Crippen LogP contribution in [0.3, 0.4) is 0 Å². The van der Waals surface area contributed by atoms with E-state index in [4.69, 9.17) is 4.74 Å². The van der Waals surface area contributed by atoms with Gasteiger partial charge in [0.15, 0.2) is 0 Å². The van der Waals surface area contributed by atoms with E-state index in [1.807, 2.05) is 6.92 Å². The van der Waals surface area contributed by atoms with Crippen LogP contribution < -0.4 is 0 Å². The molecule has 1 fully saturated rings. The minimum Gasteiger partial charge on any atom is -0.359 e. The van der Waals surface area contributed by atoms with E-state index in [1.165, 1.54) is 17.6 Å². The molecule has 16 heavy (non-hydrogen) atoms. The zero-order valence-corrected chi connectivity index (χ0v) is 9.61. The van der Waals surface area contributed by atoms with Gasteiger partial charge in [-0.15, -0.1) is 0 Å². The van der Waals surface area contributed by atoms with Gasteiger partial charge in [-0.1, -0.05) is 31.2 Å². The highest BCUT2D eigenvalue weighted by atomic mass is 16.5. The van der Waals surface area contributed by atoms with E-state index >= 15 is 0 Å². The predicted molar refractivity (Wildman–Crippen MR) is 62.7 cm³/mol. The quantitative estimate of drug-likeness (QED) is 0.675. The number of nitrogens with zero attached hydrogens (tertiary/aromatic N) is 1. The van der Waals surface area contributed by atoms with Crippen molar-refractivity contribution in [3.05, 3.63) is 35.5 Å². The van der Waals surface area contributed by atoms with Gasteiger partial charge in [-0.2, -0.15) is 0 Å². The van der Waals surface area contributed by atoms with Crippen molar-refractivity contribution in [2.75, 3.05) is 19.9 Å². The highest BCUT2D eigenvalue weighted by Crippen LogP contribution is 2.27. The molecule has 2 bridgehead atoms. The van der Waals surface area contributed by atoms with E-state index in [0.717, 1.165) is 6.54 Å². The van der Waals surface area contributed by atoms with Gasteiger partial charge in [0, 0.05) is 13.0 Å². The molecule has 0 aromatic carbocycles. The molecule has 1 aliphatic heterocycles. The van der Waals surface area contributed by atoms with Crippen LogP contribution in [0.1, 0.15) is 19.8 Å². The molecule has 0 N–H and O–H groups in total. The van der Waals surface area contributed by atoms with Crippen molar-refractivity contribution in [1.82, 2.24) is 4.90 Å². The first-order chi connectivity index (χ1) is 7.79. The Hall–Kier alpha value is -1.35. The topological polar surface area (TPSA) is 29.5 Å². The molecule has 0 spiro atoms. The van der Waals surface area contributed by atoms with Gasteiger partial charge in [-0.3, -0.25) is 4.79 Å². The third-order valence-corrected chi connectivity index (χ3v) is 2.84. The molecule has 0 atom stereocenters. The lowest BCUT2D eigenvalue weighted by atomic mass is 10.3. The largest absolute Gasteiger partial charge is 0.359 e. The monoisotopic (exact) mass is 219 g/mol. The molecular formula is C13H17NO2. The van der Waals surface area contributed by atoms with Crippen LogP contribution in [-0.4, -0.2) is 30.7 Å². The fourth-order valence-corrected chi connectivity index (χ4v) is 1.85. The highest BCUT2D eigenvalue weighted by Gasteiger charge is 2.15. The maximum atomic E-state index is 10.9. The summed E-state index contributed by atoms with van der Waals surface area (Å²) in [6.07, 6.45) is 10.5. The number of fused-ring (bicyclic) bond motifs is 2. The number of carbonyl (C=O) groups excluding carboxylic acids is 1. The van der Waals surface area contributed by atoms with Gasteiger partial charge < -0.3 is 9.64 Å². The van der Waals surface area contributed by atoms with Crippen molar-refractivity contribution in [2.24, 2.45) is 0 Å². The van der Waals surface area contributed by atoms with Gasteiger partial charge >= 0.3 is 0 Å². The SMILES string of the molecule is C1=CC2=CC=C1C2.CCC(=O)N1CCOC1. The van der Waals surface area contributed by atoms with Gasteiger partial charge in [-0.05, 0) is 17.6 Å². The van der Waals surface area contributed by atoms with E-state index in [-0.39, 0.29) is 5.91 Å². The van der Waals surface area contributed by atoms with Gasteiger partial charge in [0.05, 0.1) is 6.61 Å². The summed E-state index contributed by atoms with van der Waals surface area (Å²) in [6, 6.07) is 0. The molecule has 3 nitrogen and oxygen atoms in total. The van der Waals surface area contributed by atoms with Crippen LogP contribution in [0.5, 0.6) is 0 Å². The predicted octanol–water partition coefficient (Wildman–Crippen LogP) is 2.03. The maximum Gasteiger partial charge on any atom is 0.224 e. The Morgan fingerprint density at radius 2 is 2.06 bits per heavy atom. The first-order valence-electron chi connectivity index (χ1n) is 5.73. The molecule has 3 heteroatoms. The molecular weight excluding hydrogens is 202 g/mol. The Kier molecular flexibility index (Phi) is 3.57. The van der Waals surface area contributed by atoms with E-state index in [1.54, 1.807) is 4.90 Å². The summed E-state index contributed by atoms with van der Waals surface area (Å²) >= 11 is 0. The molecule has 0 unspecified atom stereocenters. The number of carbonyl (C=O) groups is 1. The number of rotatable bonds is 1. The second-order valence-corrected chi connectivity index (χ2v) is 4.04. The Morgan fingerprint density at radius 3 is 2.38 bits per heavy atom. The average Bonchev–Trinajstić information content (AvgIpc) is 3.05. The number of hydrogen-bond acceptors (Lipinski definition) is 2. The lowest BCUT2D eigenvalue weighted by molar-refractivity contribution is -0.131. The van der Waals surface area contributed by atoms with Gasteiger partial charge in [0.1, 0.15) is 6.73 Å². The molecule has 0 saturated carbocycles. The van der Waals surface area contributed by atoms with E-state index in [0.29, 0.717) is 19.8 Å². The third-order valence-electron chi connectivity index (χ3n) is 2.84. The minimum absolute atomic E-state index is 0.188. The van der Waals surface area contributed by atoms with Crippen LogP contribution >= 0.6 is 0 Å². The molecule has 86 valence electrons. The zero-order chi connectivity index (χ0) is 11.4. The van der Waals surface area contributed by atoms with Gasteiger partial charge in [0.25, 0.3) is 0 Å². The maximum absolute atomic E-state index is 10.9. The highest BCUT2D eigenvalue weighted by molar-refractivity contribution is 5.75. The molecule has 1 saturated heterocycles. The Balaban J connectivity index is 0.000000123. The van der Waals surface area contributed by atoms with E-state index in [9.17, 15) is 4.79 Å². The molecule has 1 heterocycles. The summed E-state index contributed by atoms with van der Waals surface area (Å²) < 4.78 is 4.99. The first-order valence-corrected chi connectivity index (χ1v) is 5.73. The van der Waals surface area contributed by atoms with E-state index in [2.05, 4.69) is 24.3 Å². The molecule has 2 aliphatic carbocycles. The number of ether oxygens (including phenoxy) is 1. The van der Waals surface area contributed by atoms with Crippen molar-refractivity contribution in [3.8, 4) is 0 Å². The average molecular weight is 219 g/mol. The van der Waals surface area contributed by atoms with Crippen LogP contribution in [0, 0.1) is 0 Å². The van der Waals surface area contributed by atoms with E-state index < -0.39 is 0 Å². The molecule has 0 aromatic rings. The van der Waals surface area contributed by atoms with Gasteiger partial charge in [-0.25, -0.2) is 0 Å². The number of amides is 1. The Morgan fingerprint density at radius 1 is 1.38 bits per heavy atom.